The lowest BCUT2D eigenvalue weighted by Crippen LogP contribution is -2.45. The van der Waals surface area contributed by atoms with Crippen molar-refractivity contribution in [3.63, 3.8) is 0 Å². The molecule has 0 unspecified atom stereocenters. The summed E-state index contributed by atoms with van der Waals surface area (Å²) < 4.78 is 0. The zero-order valence-electron chi connectivity index (χ0n) is 10.9. The molecule has 1 saturated carbocycles. The van der Waals surface area contributed by atoms with Crippen molar-refractivity contribution in [2.24, 2.45) is 0 Å². The summed E-state index contributed by atoms with van der Waals surface area (Å²) in [6.07, 6.45) is 4.07. The molecule has 4 heteroatoms. The van der Waals surface area contributed by atoms with Crippen LogP contribution in [0.25, 0.3) is 0 Å². The number of carbonyl (C=O) groups excluding carboxylic acids is 2. The van der Waals surface area contributed by atoms with E-state index in [0.717, 1.165) is 36.2 Å². The smallest absolute Gasteiger partial charge is 0.227 e. The van der Waals surface area contributed by atoms with Gasteiger partial charge in [0.1, 0.15) is 5.78 Å². The van der Waals surface area contributed by atoms with Crippen molar-refractivity contribution in [1.29, 1.82) is 0 Å². The van der Waals surface area contributed by atoms with Crippen LogP contribution in [0.2, 0.25) is 0 Å². The van der Waals surface area contributed by atoms with Crippen LogP contribution in [0.3, 0.4) is 0 Å². The number of hydrogen-bond acceptors (Lipinski definition) is 3. The monoisotopic (exact) mass is 258 g/mol. The Morgan fingerprint density at radius 1 is 1.05 bits per heavy atom. The van der Waals surface area contributed by atoms with E-state index in [1.54, 1.807) is 0 Å². The van der Waals surface area contributed by atoms with Crippen LogP contribution in [0.5, 0.6) is 0 Å². The number of carbonyl (C=O) groups is 2. The molecule has 1 fully saturated rings. The molecular formula is C15H18N2O2. The van der Waals surface area contributed by atoms with Gasteiger partial charge in [-0.1, -0.05) is 0 Å². The number of Topliss-reactive ketones (excluding diaryl/α,β-unsaturated/α-hetero) is 1. The molecule has 0 saturated heterocycles. The van der Waals surface area contributed by atoms with Gasteiger partial charge in [-0.05, 0) is 43.0 Å². The highest BCUT2D eigenvalue weighted by atomic mass is 16.2. The first kappa shape index (κ1) is 12.2. The number of amides is 1. The second kappa shape index (κ2) is 4.68. The van der Waals surface area contributed by atoms with E-state index >= 15 is 0 Å². The number of nitrogen functional groups attached to an aromatic ring is 1. The van der Waals surface area contributed by atoms with Crippen LogP contribution < -0.4 is 10.6 Å². The Morgan fingerprint density at radius 2 is 1.79 bits per heavy atom. The van der Waals surface area contributed by atoms with Crippen LogP contribution in [0.4, 0.5) is 11.4 Å². The number of hydrogen-bond donors (Lipinski definition) is 1. The molecule has 2 N–H and O–H groups in total. The van der Waals surface area contributed by atoms with E-state index in [2.05, 4.69) is 0 Å². The van der Waals surface area contributed by atoms with E-state index in [1.807, 2.05) is 23.1 Å². The molecule has 1 aromatic carbocycles. The van der Waals surface area contributed by atoms with E-state index in [1.165, 1.54) is 0 Å². The largest absolute Gasteiger partial charge is 0.399 e. The highest BCUT2D eigenvalue weighted by molar-refractivity contribution is 5.97. The average molecular weight is 258 g/mol. The quantitative estimate of drug-likeness (QED) is 0.784. The predicted molar refractivity (Wildman–Crippen MR) is 73.9 cm³/mol. The molecule has 19 heavy (non-hydrogen) atoms. The minimum absolute atomic E-state index is 0.174. The summed E-state index contributed by atoms with van der Waals surface area (Å²) in [7, 11) is 0. The summed E-state index contributed by atoms with van der Waals surface area (Å²) in [5.74, 6) is 0.495. The van der Waals surface area contributed by atoms with Gasteiger partial charge in [0.05, 0.1) is 0 Å². The number of nitrogens with zero attached hydrogens (tertiary/aromatic N) is 1. The minimum Gasteiger partial charge on any atom is -0.399 e. The molecule has 1 aliphatic heterocycles. The fraction of sp³-hybridized carbons (Fsp3) is 0.467. The van der Waals surface area contributed by atoms with Gasteiger partial charge in [-0.15, -0.1) is 0 Å². The molecule has 0 aromatic heterocycles. The van der Waals surface area contributed by atoms with Crippen molar-refractivity contribution in [2.45, 2.75) is 44.6 Å². The minimum atomic E-state index is 0.174. The molecule has 1 aliphatic carbocycles. The Balaban J connectivity index is 1.92. The third-order valence-corrected chi connectivity index (χ3v) is 4.12. The second-order valence-corrected chi connectivity index (χ2v) is 5.42. The van der Waals surface area contributed by atoms with E-state index in [9.17, 15) is 9.59 Å². The average Bonchev–Trinajstić information content (AvgIpc) is 2.40. The zero-order chi connectivity index (χ0) is 13.4. The van der Waals surface area contributed by atoms with Gasteiger partial charge in [0.15, 0.2) is 0 Å². The lowest BCUT2D eigenvalue weighted by atomic mass is 9.90. The molecule has 1 heterocycles. The van der Waals surface area contributed by atoms with Crippen molar-refractivity contribution >= 4 is 23.1 Å². The topological polar surface area (TPSA) is 63.4 Å². The predicted octanol–water partition coefficient (Wildman–Crippen LogP) is 2.06. The number of rotatable bonds is 1. The standard InChI is InChI=1S/C15H18N2O2/c16-11-2-7-14-10(9-11)1-8-15(19)17(14)12-3-5-13(18)6-4-12/h2,7,9,12H,1,3-6,8,16H2. The van der Waals surface area contributed by atoms with Crippen LogP contribution in [0.1, 0.15) is 37.7 Å². The van der Waals surface area contributed by atoms with Crippen LogP contribution in [0.15, 0.2) is 18.2 Å². The van der Waals surface area contributed by atoms with Crippen LogP contribution in [0, 0.1) is 0 Å². The van der Waals surface area contributed by atoms with Crippen LogP contribution in [-0.2, 0) is 16.0 Å². The number of nitrogens with two attached hydrogens (primary N) is 1. The van der Waals surface area contributed by atoms with Gasteiger partial charge in [0.2, 0.25) is 5.91 Å². The SMILES string of the molecule is Nc1ccc2c(c1)CCC(=O)N2C1CCC(=O)CC1. The molecule has 1 aromatic rings. The molecular weight excluding hydrogens is 240 g/mol. The summed E-state index contributed by atoms with van der Waals surface area (Å²) in [6.45, 7) is 0. The van der Waals surface area contributed by atoms with Crippen molar-refractivity contribution in [3.8, 4) is 0 Å². The van der Waals surface area contributed by atoms with Crippen LogP contribution in [-0.4, -0.2) is 17.7 Å². The van der Waals surface area contributed by atoms with Gasteiger partial charge in [-0.2, -0.15) is 0 Å². The van der Waals surface area contributed by atoms with Gasteiger partial charge in [-0.25, -0.2) is 0 Å². The van der Waals surface area contributed by atoms with Crippen molar-refractivity contribution in [1.82, 2.24) is 0 Å². The summed E-state index contributed by atoms with van der Waals surface area (Å²) >= 11 is 0. The molecule has 0 bridgehead atoms. The number of ketones is 1. The Kier molecular flexibility index (Phi) is 3.01. The summed E-state index contributed by atoms with van der Waals surface area (Å²) in [5.41, 5.74) is 8.69. The highest BCUT2D eigenvalue weighted by Crippen LogP contribution is 2.34. The van der Waals surface area contributed by atoms with Gasteiger partial charge in [0.25, 0.3) is 0 Å². The fourth-order valence-corrected chi connectivity index (χ4v) is 3.12. The van der Waals surface area contributed by atoms with Gasteiger partial charge >= 0.3 is 0 Å². The summed E-state index contributed by atoms with van der Waals surface area (Å²) in [5, 5.41) is 0. The Labute approximate surface area is 112 Å². The van der Waals surface area contributed by atoms with E-state index in [4.69, 9.17) is 5.73 Å². The molecule has 2 aliphatic rings. The zero-order valence-corrected chi connectivity index (χ0v) is 10.9. The van der Waals surface area contributed by atoms with Crippen LogP contribution >= 0.6 is 0 Å². The number of benzene rings is 1. The van der Waals surface area contributed by atoms with E-state index in [0.29, 0.717) is 25.0 Å². The first-order chi connectivity index (χ1) is 9.15. The molecule has 0 radical (unpaired) electrons. The fourth-order valence-electron chi connectivity index (χ4n) is 3.12. The third-order valence-electron chi connectivity index (χ3n) is 4.12. The molecule has 0 spiro atoms. The van der Waals surface area contributed by atoms with Gasteiger partial charge in [0, 0.05) is 36.7 Å². The maximum absolute atomic E-state index is 12.2. The Hall–Kier alpha value is -1.84. The molecule has 3 rings (SSSR count). The first-order valence-electron chi connectivity index (χ1n) is 6.87. The van der Waals surface area contributed by atoms with E-state index in [-0.39, 0.29) is 11.9 Å². The third kappa shape index (κ3) is 2.23. The first-order valence-corrected chi connectivity index (χ1v) is 6.87. The maximum Gasteiger partial charge on any atom is 0.227 e. The van der Waals surface area contributed by atoms with Gasteiger partial charge < -0.3 is 10.6 Å². The molecule has 4 nitrogen and oxygen atoms in total. The summed E-state index contributed by atoms with van der Waals surface area (Å²) in [4.78, 5) is 25.5. The lowest BCUT2D eigenvalue weighted by molar-refractivity contribution is -0.123. The maximum atomic E-state index is 12.2. The lowest BCUT2D eigenvalue weighted by Gasteiger charge is -2.37. The Bertz CT molecular complexity index is 529. The normalized spacial score (nSPS) is 20.5. The van der Waals surface area contributed by atoms with E-state index < -0.39 is 0 Å². The molecule has 0 atom stereocenters. The molecule has 100 valence electrons. The second-order valence-electron chi connectivity index (χ2n) is 5.42. The number of anilines is 2. The number of aryl methyl sites for hydroxylation is 1. The number of fused-ring (bicyclic) bond motifs is 1. The van der Waals surface area contributed by atoms with Gasteiger partial charge in [-0.3, -0.25) is 9.59 Å². The van der Waals surface area contributed by atoms with Crippen molar-refractivity contribution in [2.75, 3.05) is 10.6 Å². The van der Waals surface area contributed by atoms with Crippen molar-refractivity contribution in [3.05, 3.63) is 23.8 Å². The van der Waals surface area contributed by atoms with Crippen molar-refractivity contribution < 1.29 is 9.59 Å². The molecule has 1 amide bonds. The Morgan fingerprint density at radius 3 is 2.53 bits per heavy atom. The highest BCUT2D eigenvalue weighted by Gasteiger charge is 2.32. The summed E-state index contributed by atoms with van der Waals surface area (Å²) in [6, 6.07) is 5.92.